The number of nitrogens with zero attached hydrogens (tertiary/aromatic N) is 1. The summed E-state index contributed by atoms with van der Waals surface area (Å²) in [6.07, 6.45) is 0. The molecular formula is C2H4ClNO. The first-order valence-corrected chi connectivity index (χ1v) is 1.34. The molecular weight excluding hydrogens is 89.5 g/mol. The summed E-state index contributed by atoms with van der Waals surface area (Å²) in [6, 6.07) is 0. The first-order chi connectivity index (χ1) is 2.81. The molecule has 0 aromatic rings. The van der Waals surface area contributed by atoms with Crippen molar-refractivity contribution in [3.8, 4) is 0 Å². The highest BCUT2D eigenvalue weighted by molar-refractivity contribution is 6.64. The maximum Gasteiger partial charge on any atom is 0.142 e. The zero-order valence-electron chi connectivity index (χ0n) is 3.48. The molecule has 0 heterocycles. The Morgan fingerprint density at radius 3 is 3.00 bits per heavy atom. The van der Waals surface area contributed by atoms with Crippen LogP contribution in [-0.4, -0.2) is 10.4 Å². The Hall–Kier alpha value is -0.240. The summed E-state index contributed by atoms with van der Waals surface area (Å²) in [5.41, 5.74) is 0. The summed E-state index contributed by atoms with van der Waals surface area (Å²) in [5, 5.41) is 10.1. The van der Waals surface area contributed by atoms with Crippen LogP contribution in [-0.2, 0) is 0 Å². The third-order valence-electron chi connectivity index (χ3n) is 0.109. The summed E-state index contributed by atoms with van der Waals surface area (Å²) in [4.78, 5) is 0. The molecule has 0 saturated heterocycles. The summed E-state index contributed by atoms with van der Waals surface area (Å²) >= 11 is 4.96. The number of oxime groups is 1. The third kappa shape index (κ3) is 3.76. The molecule has 0 saturated carbocycles. The Balaban J connectivity index is 3.22. The maximum atomic E-state index is 7.67. The average Bonchev–Trinajstić information content (AvgIpc) is 1.65. The van der Waals surface area contributed by atoms with Crippen LogP contribution in [0.3, 0.4) is 0 Å². The highest BCUT2D eigenvalue weighted by Crippen LogP contribution is 1.75. The molecule has 0 radical (unpaired) electrons. The van der Waals surface area contributed by atoms with Gasteiger partial charge in [0, 0.05) is 1.37 Å². The summed E-state index contributed by atoms with van der Waals surface area (Å²) in [6.45, 7) is -0.155. The fraction of sp³-hybridized carbons (Fsp3) is 0.500. The highest BCUT2D eigenvalue weighted by Gasteiger charge is 1.69. The number of halogens is 1. The van der Waals surface area contributed by atoms with Gasteiger partial charge in [-0.25, -0.2) is 0 Å². The van der Waals surface area contributed by atoms with Crippen LogP contribution in [0.4, 0.5) is 0 Å². The van der Waals surface area contributed by atoms with Gasteiger partial charge in [0.05, 0.1) is 0 Å². The maximum absolute atomic E-state index is 7.67. The normalized spacial score (nSPS) is 14.6. The van der Waals surface area contributed by atoms with Gasteiger partial charge >= 0.3 is 0 Å². The standard InChI is InChI=1S/C2H4ClNO/c1-2(3)4-5/h5H,1H3/b4-2+/i1D. The second-order valence-electron chi connectivity index (χ2n) is 0.476. The second kappa shape index (κ2) is 2.03. The highest BCUT2D eigenvalue weighted by atomic mass is 35.5. The second-order valence-corrected chi connectivity index (χ2v) is 0.913. The molecule has 0 unspecified atom stereocenters. The topological polar surface area (TPSA) is 32.6 Å². The van der Waals surface area contributed by atoms with Crippen molar-refractivity contribution in [1.82, 2.24) is 0 Å². The van der Waals surface area contributed by atoms with Crippen LogP contribution < -0.4 is 0 Å². The first-order valence-electron chi connectivity index (χ1n) is 1.67. The predicted molar refractivity (Wildman–Crippen MR) is 20.7 cm³/mol. The minimum absolute atomic E-state index is 0.0880. The van der Waals surface area contributed by atoms with E-state index in [0.29, 0.717) is 0 Å². The average molecular weight is 94.5 g/mol. The Bertz CT molecular complexity index is 64.6. The molecule has 0 aliphatic carbocycles. The lowest BCUT2D eigenvalue weighted by Crippen LogP contribution is -1.68. The molecule has 0 aliphatic heterocycles. The van der Waals surface area contributed by atoms with Crippen LogP contribution >= 0.6 is 11.6 Å². The fourth-order valence-corrected chi connectivity index (χ4v) is 0. The van der Waals surface area contributed by atoms with Crippen LogP contribution in [0.1, 0.15) is 8.27 Å². The molecule has 0 aromatic heterocycles. The van der Waals surface area contributed by atoms with Crippen molar-refractivity contribution in [3.63, 3.8) is 0 Å². The largest absolute Gasteiger partial charge is 0.410 e. The van der Waals surface area contributed by atoms with Crippen LogP contribution in [0.25, 0.3) is 0 Å². The van der Waals surface area contributed by atoms with Gasteiger partial charge < -0.3 is 5.21 Å². The monoisotopic (exact) mass is 94.0 g/mol. The van der Waals surface area contributed by atoms with Crippen molar-refractivity contribution in [1.29, 1.82) is 0 Å². The number of hydrogen-bond acceptors (Lipinski definition) is 2. The van der Waals surface area contributed by atoms with E-state index in [4.69, 9.17) is 18.2 Å². The van der Waals surface area contributed by atoms with Crippen LogP contribution in [0.5, 0.6) is 0 Å². The Kier molecular flexibility index (Phi) is 1.20. The first kappa shape index (κ1) is 2.97. The Morgan fingerprint density at radius 2 is 3.00 bits per heavy atom. The number of hydrogen-bond donors (Lipinski definition) is 1. The molecule has 2 nitrogen and oxygen atoms in total. The molecule has 0 fully saturated rings. The Labute approximate surface area is 36.5 Å². The van der Waals surface area contributed by atoms with E-state index in [2.05, 4.69) is 5.16 Å². The predicted octanol–water partition coefficient (Wildman–Crippen LogP) is 1.03. The van der Waals surface area contributed by atoms with Crippen molar-refractivity contribution in [3.05, 3.63) is 0 Å². The minimum atomic E-state index is -0.155. The molecule has 1 N–H and O–H groups in total. The lowest BCUT2D eigenvalue weighted by atomic mass is 10.9. The summed E-state index contributed by atoms with van der Waals surface area (Å²) in [5.74, 6) is 0. The molecule has 3 heteroatoms. The van der Waals surface area contributed by atoms with E-state index in [-0.39, 0.29) is 12.1 Å². The molecule has 30 valence electrons. The van der Waals surface area contributed by atoms with Crippen molar-refractivity contribution in [2.45, 2.75) is 6.90 Å². The SMILES string of the molecule is [2H]C/C(Cl)=N\O. The van der Waals surface area contributed by atoms with E-state index in [1.54, 1.807) is 0 Å². The molecule has 0 atom stereocenters. The van der Waals surface area contributed by atoms with Crippen molar-refractivity contribution in [2.24, 2.45) is 5.16 Å². The van der Waals surface area contributed by atoms with Gasteiger partial charge in [-0.3, -0.25) is 0 Å². The summed E-state index contributed by atoms with van der Waals surface area (Å²) in [7, 11) is 0. The molecule has 0 aliphatic rings. The van der Waals surface area contributed by atoms with E-state index in [9.17, 15) is 0 Å². The van der Waals surface area contributed by atoms with E-state index >= 15 is 0 Å². The van der Waals surface area contributed by atoms with Gasteiger partial charge in [-0.2, -0.15) is 0 Å². The van der Waals surface area contributed by atoms with E-state index in [0.717, 1.165) is 0 Å². The van der Waals surface area contributed by atoms with Gasteiger partial charge in [0.1, 0.15) is 5.17 Å². The van der Waals surface area contributed by atoms with E-state index < -0.39 is 0 Å². The third-order valence-corrected chi connectivity index (χ3v) is 0.184. The summed E-state index contributed by atoms with van der Waals surface area (Å²) < 4.78 is 6.39. The molecule has 0 rings (SSSR count). The lowest BCUT2D eigenvalue weighted by Gasteiger charge is -1.68. The molecule has 5 heavy (non-hydrogen) atoms. The van der Waals surface area contributed by atoms with Crippen LogP contribution in [0.15, 0.2) is 5.16 Å². The van der Waals surface area contributed by atoms with Crippen molar-refractivity contribution in [2.75, 3.05) is 0 Å². The number of rotatable bonds is 0. The fourth-order valence-electron chi connectivity index (χ4n) is 0. The van der Waals surface area contributed by atoms with Gasteiger partial charge in [0.15, 0.2) is 0 Å². The Morgan fingerprint density at radius 1 is 2.40 bits per heavy atom. The minimum Gasteiger partial charge on any atom is -0.410 e. The van der Waals surface area contributed by atoms with E-state index in [1.807, 2.05) is 0 Å². The van der Waals surface area contributed by atoms with Crippen molar-refractivity contribution < 1.29 is 6.58 Å². The quantitative estimate of drug-likeness (QED) is 0.271. The van der Waals surface area contributed by atoms with Gasteiger partial charge in [0.25, 0.3) is 0 Å². The van der Waals surface area contributed by atoms with Gasteiger partial charge in [-0.05, 0) is 6.90 Å². The van der Waals surface area contributed by atoms with Gasteiger partial charge in [-0.1, -0.05) is 16.8 Å². The van der Waals surface area contributed by atoms with Crippen LogP contribution in [0.2, 0.25) is 0 Å². The molecule has 0 bridgehead atoms. The van der Waals surface area contributed by atoms with E-state index in [1.165, 1.54) is 0 Å². The smallest absolute Gasteiger partial charge is 0.142 e. The molecule has 0 amide bonds. The zero-order chi connectivity index (χ0) is 4.99. The zero-order valence-corrected chi connectivity index (χ0v) is 3.24. The molecule has 0 aromatic carbocycles. The molecule has 0 spiro atoms. The van der Waals surface area contributed by atoms with Gasteiger partial charge in [-0.15, -0.1) is 0 Å². The van der Waals surface area contributed by atoms with Gasteiger partial charge in [0.2, 0.25) is 0 Å². The lowest BCUT2D eigenvalue weighted by molar-refractivity contribution is 0.320. The van der Waals surface area contributed by atoms with Crippen molar-refractivity contribution >= 4 is 16.8 Å². The van der Waals surface area contributed by atoms with Crippen LogP contribution in [0, 0.1) is 0 Å².